The fourth-order valence-electron chi connectivity index (χ4n) is 0.608. The van der Waals surface area contributed by atoms with E-state index in [9.17, 15) is 9.59 Å². The molecular weight excluding hydrogens is 148 g/mol. The zero-order chi connectivity index (χ0) is 9.02. The highest BCUT2D eigenvalue weighted by Gasteiger charge is 2.12. The summed E-state index contributed by atoms with van der Waals surface area (Å²) >= 11 is 0. The Balaban J connectivity index is 4.60. The van der Waals surface area contributed by atoms with Gasteiger partial charge in [-0.1, -0.05) is 13.8 Å². The van der Waals surface area contributed by atoms with Gasteiger partial charge in [0.15, 0.2) is 0 Å². The number of carboxylic acid groups (broad SMARTS) is 2. The molecule has 0 atom stereocenters. The zero-order valence-corrected chi connectivity index (χ0v) is 6.37. The molecule has 0 spiro atoms. The summed E-state index contributed by atoms with van der Waals surface area (Å²) in [5, 5.41) is 16.7. The Morgan fingerprint density at radius 2 is 1.73 bits per heavy atom. The summed E-state index contributed by atoms with van der Waals surface area (Å²) in [4.78, 5) is 20.4. The maximum Gasteiger partial charge on any atom is 0.332 e. The molecule has 0 unspecified atom stereocenters. The van der Waals surface area contributed by atoms with Crippen molar-refractivity contribution in [2.75, 3.05) is 0 Å². The topological polar surface area (TPSA) is 74.6 Å². The van der Waals surface area contributed by atoms with Gasteiger partial charge in [-0.05, 0) is 5.92 Å². The van der Waals surface area contributed by atoms with E-state index in [2.05, 4.69) is 0 Å². The second kappa shape index (κ2) is 3.75. The van der Waals surface area contributed by atoms with Gasteiger partial charge in [-0.2, -0.15) is 0 Å². The van der Waals surface area contributed by atoms with Gasteiger partial charge >= 0.3 is 11.9 Å². The molecule has 0 rings (SSSR count). The predicted molar refractivity (Wildman–Crippen MR) is 38.2 cm³/mol. The normalized spacial score (nSPS) is 11.7. The average molecular weight is 158 g/mol. The Morgan fingerprint density at radius 1 is 1.27 bits per heavy atom. The van der Waals surface area contributed by atoms with Crippen molar-refractivity contribution in [1.29, 1.82) is 0 Å². The van der Waals surface area contributed by atoms with Crippen molar-refractivity contribution in [2.24, 2.45) is 5.92 Å². The van der Waals surface area contributed by atoms with Gasteiger partial charge in [0.25, 0.3) is 0 Å². The van der Waals surface area contributed by atoms with E-state index in [0.29, 0.717) is 6.08 Å². The van der Waals surface area contributed by atoms with Crippen LogP contribution in [0.3, 0.4) is 0 Å². The van der Waals surface area contributed by atoms with E-state index in [-0.39, 0.29) is 11.5 Å². The smallest absolute Gasteiger partial charge is 0.332 e. The lowest BCUT2D eigenvalue weighted by atomic mass is 10.0. The predicted octanol–water partition coefficient (Wildman–Crippen LogP) is 0.738. The number of hydrogen-bond acceptors (Lipinski definition) is 2. The minimum absolute atomic E-state index is 0.0856. The van der Waals surface area contributed by atoms with Crippen LogP contribution in [-0.4, -0.2) is 22.2 Å². The Morgan fingerprint density at radius 3 is 1.82 bits per heavy atom. The highest BCUT2D eigenvalue weighted by Crippen LogP contribution is 2.08. The summed E-state index contributed by atoms with van der Waals surface area (Å²) in [6.45, 7) is 3.26. The van der Waals surface area contributed by atoms with E-state index >= 15 is 0 Å². The molecule has 11 heavy (non-hydrogen) atoms. The summed E-state index contributed by atoms with van der Waals surface area (Å²) in [6.07, 6.45) is 0.715. The third-order valence-electron chi connectivity index (χ3n) is 1.15. The fraction of sp³-hybridized carbons (Fsp3) is 0.429. The standard InChI is InChI=1S/C7H10O4/c1-4(2)5(7(10)11)3-6(8)9/h3-4H,1-2H3,(H,8,9)(H,10,11)/b5-3-. The van der Waals surface area contributed by atoms with Crippen molar-refractivity contribution < 1.29 is 19.8 Å². The number of carbonyl (C=O) groups is 2. The lowest BCUT2D eigenvalue weighted by Crippen LogP contribution is -2.09. The number of carboxylic acids is 2. The van der Waals surface area contributed by atoms with Gasteiger partial charge in [0.05, 0.1) is 0 Å². The average Bonchev–Trinajstić information content (AvgIpc) is 1.81. The monoisotopic (exact) mass is 158 g/mol. The summed E-state index contributed by atoms with van der Waals surface area (Å²) in [6, 6.07) is 0. The van der Waals surface area contributed by atoms with Crippen LogP contribution in [0, 0.1) is 5.92 Å². The molecule has 0 bridgehead atoms. The van der Waals surface area contributed by atoms with Gasteiger partial charge in [-0.3, -0.25) is 0 Å². The molecule has 0 aliphatic heterocycles. The molecule has 0 aliphatic rings. The van der Waals surface area contributed by atoms with E-state index in [1.54, 1.807) is 13.8 Å². The molecule has 0 amide bonds. The lowest BCUT2D eigenvalue weighted by Gasteiger charge is -2.02. The molecule has 0 aromatic heterocycles. The molecule has 0 aliphatic carbocycles. The highest BCUT2D eigenvalue weighted by molar-refractivity contribution is 5.94. The first-order valence-electron chi connectivity index (χ1n) is 3.13. The fourth-order valence-corrected chi connectivity index (χ4v) is 0.608. The second-order valence-electron chi connectivity index (χ2n) is 2.40. The van der Waals surface area contributed by atoms with Gasteiger partial charge < -0.3 is 10.2 Å². The number of hydrogen-bond donors (Lipinski definition) is 2. The van der Waals surface area contributed by atoms with Crippen LogP contribution in [0.1, 0.15) is 13.8 Å². The second-order valence-corrected chi connectivity index (χ2v) is 2.40. The minimum atomic E-state index is -1.23. The first-order chi connectivity index (χ1) is 4.95. The maximum absolute atomic E-state index is 10.3. The molecular formula is C7H10O4. The van der Waals surface area contributed by atoms with Crippen molar-refractivity contribution in [2.45, 2.75) is 13.8 Å². The van der Waals surface area contributed by atoms with Crippen LogP contribution in [0.4, 0.5) is 0 Å². The van der Waals surface area contributed by atoms with Crippen LogP contribution in [-0.2, 0) is 9.59 Å². The Bertz CT molecular complexity index is 202. The number of rotatable bonds is 3. The summed E-state index contributed by atoms with van der Waals surface area (Å²) < 4.78 is 0. The van der Waals surface area contributed by atoms with Gasteiger partial charge in [-0.15, -0.1) is 0 Å². The molecule has 62 valence electrons. The molecule has 0 heterocycles. The van der Waals surface area contributed by atoms with E-state index in [0.717, 1.165) is 0 Å². The van der Waals surface area contributed by atoms with Crippen molar-refractivity contribution in [3.8, 4) is 0 Å². The quantitative estimate of drug-likeness (QED) is 0.594. The summed E-state index contributed by atoms with van der Waals surface area (Å²) in [5.74, 6) is -2.68. The first kappa shape index (κ1) is 9.68. The SMILES string of the molecule is CC(C)/C(=C/C(=O)O)C(=O)O. The Kier molecular flexibility index (Phi) is 3.30. The molecule has 4 heteroatoms. The molecule has 0 fully saturated rings. The van der Waals surface area contributed by atoms with Crippen LogP contribution in [0.2, 0.25) is 0 Å². The largest absolute Gasteiger partial charge is 0.478 e. The van der Waals surface area contributed by atoms with Gasteiger partial charge in [0, 0.05) is 11.6 Å². The molecule has 0 aromatic rings. The molecule has 0 saturated carbocycles. The van der Waals surface area contributed by atoms with Crippen LogP contribution in [0.15, 0.2) is 11.6 Å². The maximum atomic E-state index is 10.3. The minimum Gasteiger partial charge on any atom is -0.478 e. The first-order valence-corrected chi connectivity index (χ1v) is 3.13. The van der Waals surface area contributed by atoms with Crippen molar-refractivity contribution in [1.82, 2.24) is 0 Å². The summed E-state index contributed by atoms with van der Waals surface area (Å²) in [7, 11) is 0. The van der Waals surface area contributed by atoms with E-state index < -0.39 is 11.9 Å². The molecule has 4 nitrogen and oxygen atoms in total. The van der Waals surface area contributed by atoms with Crippen molar-refractivity contribution in [3.63, 3.8) is 0 Å². The number of aliphatic carboxylic acids is 2. The Hall–Kier alpha value is -1.32. The van der Waals surface area contributed by atoms with Crippen molar-refractivity contribution >= 4 is 11.9 Å². The van der Waals surface area contributed by atoms with Gasteiger partial charge in [0.2, 0.25) is 0 Å². The van der Waals surface area contributed by atoms with Crippen LogP contribution < -0.4 is 0 Å². The molecule has 0 saturated heterocycles. The van der Waals surface area contributed by atoms with E-state index in [1.807, 2.05) is 0 Å². The van der Waals surface area contributed by atoms with E-state index in [4.69, 9.17) is 10.2 Å². The third kappa shape index (κ3) is 3.40. The molecule has 2 N–H and O–H groups in total. The van der Waals surface area contributed by atoms with Gasteiger partial charge in [-0.25, -0.2) is 9.59 Å². The van der Waals surface area contributed by atoms with Crippen LogP contribution in [0.5, 0.6) is 0 Å². The van der Waals surface area contributed by atoms with E-state index in [1.165, 1.54) is 0 Å². The van der Waals surface area contributed by atoms with Crippen LogP contribution in [0.25, 0.3) is 0 Å². The highest BCUT2D eigenvalue weighted by atomic mass is 16.4. The Labute approximate surface area is 64.2 Å². The van der Waals surface area contributed by atoms with Gasteiger partial charge in [0.1, 0.15) is 0 Å². The third-order valence-corrected chi connectivity index (χ3v) is 1.15. The molecule has 0 radical (unpaired) electrons. The van der Waals surface area contributed by atoms with Crippen molar-refractivity contribution in [3.05, 3.63) is 11.6 Å². The summed E-state index contributed by atoms with van der Waals surface area (Å²) in [5.41, 5.74) is -0.0856. The lowest BCUT2D eigenvalue weighted by molar-refractivity contribution is -0.135. The zero-order valence-electron chi connectivity index (χ0n) is 6.37. The molecule has 0 aromatic carbocycles. The van der Waals surface area contributed by atoms with Crippen LogP contribution >= 0.6 is 0 Å².